The average Bonchev–Trinajstić information content (AvgIpc) is 2.89. The number of nitrogens with one attached hydrogen (secondary N) is 1. The molecule has 3 N–H and O–H groups in total. The van der Waals surface area contributed by atoms with Gasteiger partial charge in [-0.25, -0.2) is 0 Å². The summed E-state index contributed by atoms with van der Waals surface area (Å²) in [5.74, 6) is -0.215. The molecule has 0 aliphatic heterocycles. The Labute approximate surface area is 115 Å². The first-order valence-corrected chi connectivity index (χ1v) is 6.71. The molecule has 1 atom stereocenters. The van der Waals surface area contributed by atoms with Gasteiger partial charge in [0.25, 0.3) is 5.91 Å². The molecule has 1 amide bonds. The summed E-state index contributed by atoms with van der Waals surface area (Å²) < 4.78 is 0.359. The van der Waals surface area contributed by atoms with Crippen molar-refractivity contribution in [2.45, 2.75) is 13.0 Å². The normalized spacial score (nSPS) is 11.9. The number of carbonyl (C=O) groups is 1. The Hall–Kier alpha value is -1.63. The van der Waals surface area contributed by atoms with Crippen LogP contribution in [0.1, 0.15) is 28.2 Å². The summed E-state index contributed by atoms with van der Waals surface area (Å²) in [5.41, 5.74) is 1.02. The van der Waals surface area contributed by atoms with Crippen molar-refractivity contribution in [2.75, 3.05) is 0 Å². The fourth-order valence-corrected chi connectivity index (χ4v) is 2.49. The maximum absolute atomic E-state index is 12.0. The van der Waals surface area contributed by atoms with Crippen molar-refractivity contribution < 1.29 is 14.8 Å². The minimum Gasteiger partial charge on any atom is -0.423 e. The second kappa shape index (κ2) is 6.01. The van der Waals surface area contributed by atoms with Gasteiger partial charge in [0.1, 0.15) is 0 Å². The van der Waals surface area contributed by atoms with Crippen LogP contribution in [0.15, 0.2) is 42.5 Å². The zero-order chi connectivity index (χ0) is 13.8. The third-order valence-electron chi connectivity index (χ3n) is 2.75. The molecule has 0 aliphatic rings. The molecule has 0 saturated heterocycles. The van der Waals surface area contributed by atoms with Crippen LogP contribution in [0.5, 0.6) is 0 Å². The highest BCUT2D eigenvalue weighted by molar-refractivity contribution is 7.23. The molecule has 2 aromatic rings. The van der Waals surface area contributed by atoms with Crippen LogP contribution in [0.4, 0.5) is 0 Å². The lowest BCUT2D eigenvalue weighted by molar-refractivity contribution is 0.0944. The molecule has 0 saturated carbocycles. The minimum absolute atomic E-state index is 0.0988. The van der Waals surface area contributed by atoms with Crippen molar-refractivity contribution in [2.24, 2.45) is 0 Å². The number of amides is 1. The lowest BCUT2D eigenvalue weighted by Crippen LogP contribution is -2.27. The number of hydrogen-bond donors (Lipinski definition) is 3. The van der Waals surface area contributed by atoms with Crippen LogP contribution in [-0.2, 0) is 0 Å². The van der Waals surface area contributed by atoms with Gasteiger partial charge < -0.3 is 15.4 Å². The monoisotopic (exact) mass is 275 g/mol. The van der Waals surface area contributed by atoms with E-state index in [1.54, 1.807) is 6.07 Å². The van der Waals surface area contributed by atoms with E-state index in [4.69, 9.17) is 10.0 Å². The van der Waals surface area contributed by atoms with E-state index in [1.165, 1.54) is 6.07 Å². The minimum atomic E-state index is -1.53. The second-order valence-electron chi connectivity index (χ2n) is 4.18. The second-order valence-corrected chi connectivity index (χ2v) is 5.30. The molecule has 6 heteroatoms. The van der Waals surface area contributed by atoms with Crippen molar-refractivity contribution >= 4 is 29.1 Å². The standard InChI is InChI=1S/C13H14BNO3S/c1-9(10-5-3-2-4-6-10)15-13(16)11-7-8-12(19-11)14(17)18/h2-9,17-18H,1H3,(H,15,16). The van der Waals surface area contributed by atoms with E-state index in [-0.39, 0.29) is 11.9 Å². The van der Waals surface area contributed by atoms with Gasteiger partial charge in [0.2, 0.25) is 0 Å². The summed E-state index contributed by atoms with van der Waals surface area (Å²) in [7, 11) is -1.53. The summed E-state index contributed by atoms with van der Waals surface area (Å²) in [5, 5.41) is 20.9. The highest BCUT2D eigenvalue weighted by Crippen LogP contribution is 2.14. The van der Waals surface area contributed by atoms with Crippen LogP contribution in [0, 0.1) is 0 Å². The van der Waals surface area contributed by atoms with E-state index in [2.05, 4.69) is 5.32 Å². The number of carbonyl (C=O) groups excluding carboxylic acids is 1. The fraction of sp³-hybridized carbons (Fsp3) is 0.154. The molecule has 0 fully saturated rings. The lowest BCUT2D eigenvalue weighted by atomic mass is 9.90. The van der Waals surface area contributed by atoms with Gasteiger partial charge >= 0.3 is 7.12 Å². The van der Waals surface area contributed by atoms with E-state index in [0.29, 0.717) is 9.65 Å². The Morgan fingerprint density at radius 3 is 2.47 bits per heavy atom. The van der Waals surface area contributed by atoms with Crippen molar-refractivity contribution in [3.05, 3.63) is 52.9 Å². The van der Waals surface area contributed by atoms with E-state index in [0.717, 1.165) is 16.9 Å². The van der Waals surface area contributed by atoms with Gasteiger partial charge in [-0.1, -0.05) is 36.4 Å². The number of benzene rings is 1. The molecule has 1 aromatic heterocycles. The number of hydrogen-bond acceptors (Lipinski definition) is 4. The van der Waals surface area contributed by atoms with Gasteiger partial charge in [0, 0.05) is 4.78 Å². The van der Waals surface area contributed by atoms with Crippen molar-refractivity contribution in [3.63, 3.8) is 0 Å². The maximum atomic E-state index is 12.0. The third kappa shape index (κ3) is 3.44. The van der Waals surface area contributed by atoms with Crippen LogP contribution < -0.4 is 10.1 Å². The highest BCUT2D eigenvalue weighted by Gasteiger charge is 2.18. The first kappa shape index (κ1) is 13.8. The van der Waals surface area contributed by atoms with Gasteiger partial charge in [-0.3, -0.25) is 4.79 Å². The molecule has 98 valence electrons. The zero-order valence-electron chi connectivity index (χ0n) is 10.4. The largest absolute Gasteiger partial charge is 0.499 e. The fourth-order valence-electron chi connectivity index (χ4n) is 1.71. The van der Waals surface area contributed by atoms with Crippen LogP contribution in [0.25, 0.3) is 0 Å². The number of thiophene rings is 1. The SMILES string of the molecule is CC(NC(=O)c1ccc(B(O)O)s1)c1ccccc1. The Kier molecular flexibility index (Phi) is 4.37. The topological polar surface area (TPSA) is 69.6 Å². The quantitative estimate of drug-likeness (QED) is 0.727. The predicted molar refractivity (Wildman–Crippen MR) is 76.5 cm³/mol. The molecule has 4 nitrogen and oxygen atoms in total. The predicted octanol–water partition coefficient (Wildman–Crippen LogP) is 0.919. The Morgan fingerprint density at radius 2 is 1.89 bits per heavy atom. The third-order valence-corrected chi connectivity index (χ3v) is 3.88. The molecule has 1 aromatic carbocycles. The molecule has 2 rings (SSSR count). The molecule has 0 spiro atoms. The highest BCUT2D eigenvalue weighted by atomic mass is 32.1. The van der Waals surface area contributed by atoms with Crippen LogP contribution in [-0.4, -0.2) is 23.1 Å². The molecule has 19 heavy (non-hydrogen) atoms. The summed E-state index contributed by atoms with van der Waals surface area (Å²) in [6, 6.07) is 12.7. The molecule has 0 radical (unpaired) electrons. The Morgan fingerprint density at radius 1 is 1.21 bits per heavy atom. The number of rotatable bonds is 4. The van der Waals surface area contributed by atoms with E-state index in [9.17, 15) is 4.79 Å². The van der Waals surface area contributed by atoms with Gasteiger partial charge in [-0.05, 0) is 18.6 Å². The molecule has 0 bridgehead atoms. The molecular formula is C13H14BNO3S. The van der Waals surface area contributed by atoms with Gasteiger partial charge in [-0.15, -0.1) is 11.3 Å². The zero-order valence-corrected chi connectivity index (χ0v) is 11.2. The average molecular weight is 275 g/mol. The molecule has 1 heterocycles. The first-order chi connectivity index (χ1) is 9.08. The molecular weight excluding hydrogens is 261 g/mol. The molecule has 0 aliphatic carbocycles. The Bertz CT molecular complexity index is 556. The smallest absolute Gasteiger partial charge is 0.423 e. The van der Waals surface area contributed by atoms with Crippen LogP contribution >= 0.6 is 11.3 Å². The van der Waals surface area contributed by atoms with Crippen molar-refractivity contribution in [3.8, 4) is 0 Å². The van der Waals surface area contributed by atoms with E-state index in [1.807, 2.05) is 37.3 Å². The van der Waals surface area contributed by atoms with Crippen LogP contribution in [0.2, 0.25) is 0 Å². The summed E-state index contributed by atoms with van der Waals surface area (Å²) in [6.07, 6.45) is 0. The van der Waals surface area contributed by atoms with Crippen molar-refractivity contribution in [1.82, 2.24) is 5.32 Å². The lowest BCUT2D eigenvalue weighted by Gasteiger charge is -2.13. The van der Waals surface area contributed by atoms with E-state index >= 15 is 0 Å². The van der Waals surface area contributed by atoms with E-state index < -0.39 is 7.12 Å². The maximum Gasteiger partial charge on any atom is 0.499 e. The first-order valence-electron chi connectivity index (χ1n) is 5.89. The summed E-state index contributed by atoms with van der Waals surface area (Å²) >= 11 is 1.07. The van der Waals surface area contributed by atoms with Gasteiger partial charge in [-0.2, -0.15) is 0 Å². The Balaban J connectivity index is 2.04. The summed E-state index contributed by atoms with van der Waals surface area (Å²) in [4.78, 5) is 12.5. The van der Waals surface area contributed by atoms with Gasteiger partial charge in [0.05, 0.1) is 10.9 Å². The van der Waals surface area contributed by atoms with Crippen molar-refractivity contribution in [1.29, 1.82) is 0 Å². The molecule has 1 unspecified atom stereocenters. The summed E-state index contributed by atoms with van der Waals surface area (Å²) in [6.45, 7) is 1.91. The van der Waals surface area contributed by atoms with Crippen LogP contribution in [0.3, 0.4) is 0 Å². The van der Waals surface area contributed by atoms with Gasteiger partial charge in [0.15, 0.2) is 0 Å².